The number of aryl methyl sites for hydroxylation is 1. The highest BCUT2D eigenvalue weighted by Gasteiger charge is 2.07. The lowest BCUT2D eigenvalue weighted by Gasteiger charge is -2.05. The first-order valence-corrected chi connectivity index (χ1v) is 5.02. The molecule has 1 aromatic carbocycles. The van der Waals surface area contributed by atoms with Crippen molar-refractivity contribution >= 4 is 17.5 Å². The van der Waals surface area contributed by atoms with Crippen molar-refractivity contribution in [1.82, 2.24) is 9.78 Å². The summed E-state index contributed by atoms with van der Waals surface area (Å²) in [6.07, 6.45) is 1.68. The first-order chi connectivity index (χ1) is 8.08. The molecule has 0 radical (unpaired) electrons. The number of carbonyl (C=O) groups excluding carboxylic acids is 1. The maximum Gasteiger partial charge on any atom is 0.316 e. The first-order valence-electron chi connectivity index (χ1n) is 5.02. The molecular weight excluding hydrogens is 218 g/mol. The van der Waals surface area contributed by atoms with Gasteiger partial charge in [0.15, 0.2) is 0 Å². The Bertz CT molecular complexity index is 561. The molecule has 0 saturated heterocycles. The average Bonchev–Trinajstić information content (AvgIpc) is 2.59. The third-order valence-corrected chi connectivity index (χ3v) is 2.43. The fourth-order valence-electron chi connectivity index (χ4n) is 1.58. The molecule has 0 aliphatic carbocycles. The molecule has 0 saturated carbocycles. The summed E-state index contributed by atoms with van der Waals surface area (Å²) in [4.78, 5) is 10.8. The minimum Gasteiger partial charge on any atom is -0.383 e. The molecule has 0 aliphatic heterocycles. The highest BCUT2D eigenvalue weighted by molar-refractivity contribution is 5.89. The summed E-state index contributed by atoms with van der Waals surface area (Å²) in [5, 5.41) is 6.57. The van der Waals surface area contributed by atoms with Gasteiger partial charge in [-0.05, 0) is 17.7 Å². The minimum atomic E-state index is -0.596. The maximum absolute atomic E-state index is 10.8. The van der Waals surface area contributed by atoms with E-state index in [0.717, 1.165) is 11.1 Å². The lowest BCUT2D eigenvalue weighted by Crippen LogP contribution is -2.19. The van der Waals surface area contributed by atoms with E-state index in [-0.39, 0.29) is 0 Å². The number of nitrogens with zero attached hydrogens (tertiary/aromatic N) is 2. The molecule has 5 N–H and O–H groups in total. The van der Waals surface area contributed by atoms with Crippen molar-refractivity contribution in [2.24, 2.45) is 12.8 Å². The number of nitrogen functional groups attached to an aromatic ring is 1. The molecule has 2 aromatic rings. The number of rotatable bonds is 2. The summed E-state index contributed by atoms with van der Waals surface area (Å²) >= 11 is 0. The Kier molecular flexibility index (Phi) is 2.70. The Labute approximate surface area is 98.2 Å². The number of anilines is 2. The molecule has 6 heteroatoms. The van der Waals surface area contributed by atoms with Crippen LogP contribution >= 0.6 is 0 Å². The Hall–Kier alpha value is -2.50. The van der Waals surface area contributed by atoms with Crippen LogP contribution in [0.5, 0.6) is 0 Å². The zero-order valence-electron chi connectivity index (χ0n) is 9.34. The average molecular weight is 231 g/mol. The van der Waals surface area contributed by atoms with Gasteiger partial charge >= 0.3 is 6.03 Å². The van der Waals surface area contributed by atoms with Crippen LogP contribution in [0.25, 0.3) is 11.1 Å². The fourth-order valence-corrected chi connectivity index (χ4v) is 1.58. The van der Waals surface area contributed by atoms with Gasteiger partial charge in [-0.1, -0.05) is 12.1 Å². The number of amides is 2. The van der Waals surface area contributed by atoms with Gasteiger partial charge in [0.05, 0.1) is 6.20 Å². The van der Waals surface area contributed by atoms with E-state index in [1.165, 1.54) is 0 Å². The molecule has 17 heavy (non-hydrogen) atoms. The topological polar surface area (TPSA) is 99.0 Å². The molecule has 0 aliphatic rings. The molecule has 6 nitrogen and oxygen atoms in total. The third kappa shape index (κ3) is 2.20. The molecule has 1 heterocycles. The van der Waals surface area contributed by atoms with E-state index in [1.807, 2.05) is 12.1 Å². The van der Waals surface area contributed by atoms with E-state index in [9.17, 15) is 4.79 Å². The number of carbonyl (C=O) groups is 1. The summed E-state index contributed by atoms with van der Waals surface area (Å²) in [6.45, 7) is 0. The Balaban J connectivity index is 2.39. The van der Waals surface area contributed by atoms with Crippen molar-refractivity contribution in [3.05, 3.63) is 30.5 Å². The number of hydrogen-bond acceptors (Lipinski definition) is 3. The van der Waals surface area contributed by atoms with Gasteiger partial charge in [-0.3, -0.25) is 4.68 Å². The second-order valence-electron chi connectivity index (χ2n) is 3.64. The Morgan fingerprint density at radius 2 is 2.24 bits per heavy atom. The molecule has 2 rings (SSSR count). The van der Waals surface area contributed by atoms with Crippen molar-refractivity contribution in [1.29, 1.82) is 0 Å². The summed E-state index contributed by atoms with van der Waals surface area (Å²) in [5.74, 6) is 0.571. The van der Waals surface area contributed by atoms with Gasteiger partial charge in [-0.25, -0.2) is 4.79 Å². The number of benzene rings is 1. The van der Waals surface area contributed by atoms with Gasteiger partial charge in [-0.15, -0.1) is 0 Å². The SMILES string of the molecule is Cn1ncc(-c2cccc(NC(N)=O)c2)c1N. The predicted molar refractivity (Wildman–Crippen MR) is 66.3 cm³/mol. The van der Waals surface area contributed by atoms with Crippen LogP contribution in [-0.4, -0.2) is 15.8 Å². The zero-order chi connectivity index (χ0) is 12.4. The highest BCUT2D eigenvalue weighted by Crippen LogP contribution is 2.26. The molecular formula is C11H13N5O. The smallest absolute Gasteiger partial charge is 0.316 e. The number of primary amides is 1. The van der Waals surface area contributed by atoms with E-state index >= 15 is 0 Å². The fraction of sp³-hybridized carbons (Fsp3) is 0.0909. The lowest BCUT2D eigenvalue weighted by atomic mass is 10.1. The normalized spacial score (nSPS) is 10.2. The number of urea groups is 1. The molecule has 1 aromatic heterocycles. The van der Waals surface area contributed by atoms with Crippen molar-refractivity contribution in [2.75, 3.05) is 11.1 Å². The van der Waals surface area contributed by atoms with Crippen LogP contribution in [0, 0.1) is 0 Å². The van der Waals surface area contributed by atoms with E-state index in [4.69, 9.17) is 11.5 Å². The van der Waals surface area contributed by atoms with Gasteiger partial charge < -0.3 is 16.8 Å². The zero-order valence-corrected chi connectivity index (χ0v) is 9.34. The molecule has 2 amide bonds. The quantitative estimate of drug-likeness (QED) is 0.723. The van der Waals surface area contributed by atoms with Crippen LogP contribution < -0.4 is 16.8 Å². The maximum atomic E-state index is 10.8. The first kappa shape index (κ1) is 11.0. The molecule has 0 spiro atoms. The number of aromatic nitrogens is 2. The van der Waals surface area contributed by atoms with Crippen LogP contribution in [-0.2, 0) is 7.05 Å². The van der Waals surface area contributed by atoms with Crippen molar-refractivity contribution in [2.45, 2.75) is 0 Å². The van der Waals surface area contributed by atoms with Crippen molar-refractivity contribution in [3.8, 4) is 11.1 Å². The van der Waals surface area contributed by atoms with Crippen LogP contribution in [0.15, 0.2) is 30.5 Å². The molecule has 88 valence electrons. The van der Waals surface area contributed by atoms with Crippen LogP contribution in [0.3, 0.4) is 0 Å². The number of nitrogens with one attached hydrogen (secondary N) is 1. The molecule has 0 fully saturated rings. The summed E-state index contributed by atoms with van der Waals surface area (Å²) in [7, 11) is 1.77. The van der Waals surface area contributed by atoms with E-state index in [1.54, 1.807) is 30.1 Å². The van der Waals surface area contributed by atoms with Gasteiger partial charge in [0.2, 0.25) is 0 Å². The summed E-state index contributed by atoms with van der Waals surface area (Å²) in [6, 6.07) is 6.65. The summed E-state index contributed by atoms with van der Waals surface area (Å²) in [5.41, 5.74) is 13.3. The van der Waals surface area contributed by atoms with Crippen LogP contribution in [0.2, 0.25) is 0 Å². The second kappa shape index (κ2) is 4.17. The number of hydrogen-bond donors (Lipinski definition) is 3. The predicted octanol–water partition coefficient (Wildman–Crippen LogP) is 1.16. The van der Waals surface area contributed by atoms with E-state index in [2.05, 4.69) is 10.4 Å². The highest BCUT2D eigenvalue weighted by atomic mass is 16.2. The molecule has 0 unspecified atom stereocenters. The van der Waals surface area contributed by atoms with E-state index in [0.29, 0.717) is 11.5 Å². The van der Waals surface area contributed by atoms with Crippen molar-refractivity contribution in [3.63, 3.8) is 0 Å². The lowest BCUT2D eigenvalue weighted by molar-refractivity contribution is 0.259. The van der Waals surface area contributed by atoms with Crippen LogP contribution in [0.4, 0.5) is 16.3 Å². The standard InChI is InChI=1S/C11H13N5O/c1-16-10(12)9(6-14-16)7-3-2-4-8(5-7)15-11(13)17/h2-6H,12H2,1H3,(H3,13,15,17). The number of nitrogens with two attached hydrogens (primary N) is 2. The van der Waals surface area contributed by atoms with Gasteiger partial charge in [0.1, 0.15) is 5.82 Å². The third-order valence-electron chi connectivity index (χ3n) is 2.43. The second-order valence-corrected chi connectivity index (χ2v) is 3.64. The van der Waals surface area contributed by atoms with Gasteiger partial charge in [0, 0.05) is 18.3 Å². The largest absolute Gasteiger partial charge is 0.383 e. The monoisotopic (exact) mass is 231 g/mol. The Morgan fingerprint density at radius 1 is 1.47 bits per heavy atom. The molecule has 0 atom stereocenters. The summed E-state index contributed by atoms with van der Waals surface area (Å²) < 4.78 is 1.59. The molecule has 0 bridgehead atoms. The minimum absolute atomic E-state index is 0.571. The Morgan fingerprint density at radius 3 is 2.82 bits per heavy atom. The van der Waals surface area contributed by atoms with Crippen LogP contribution in [0.1, 0.15) is 0 Å². The van der Waals surface area contributed by atoms with Gasteiger partial charge in [0.25, 0.3) is 0 Å². The van der Waals surface area contributed by atoms with Crippen molar-refractivity contribution < 1.29 is 4.79 Å². The van der Waals surface area contributed by atoms with E-state index < -0.39 is 6.03 Å². The van der Waals surface area contributed by atoms with Gasteiger partial charge in [-0.2, -0.15) is 5.10 Å².